The van der Waals surface area contributed by atoms with Crippen molar-refractivity contribution in [3.05, 3.63) is 33.5 Å². The van der Waals surface area contributed by atoms with Gasteiger partial charge < -0.3 is 20.6 Å². The van der Waals surface area contributed by atoms with Crippen molar-refractivity contribution < 1.29 is 13.9 Å². The number of nitrogen functional groups attached to an aromatic ring is 1. The fourth-order valence-electron chi connectivity index (χ4n) is 1.30. The van der Waals surface area contributed by atoms with Crippen LogP contribution in [0.25, 0.3) is 6.08 Å². The number of fused-ring (bicyclic) bond motifs is 1. The highest BCUT2D eigenvalue weighted by Crippen LogP contribution is 2.16. The number of hydrogen-bond acceptors (Lipinski definition) is 6. The Morgan fingerprint density at radius 3 is 2.73 bits per heavy atom. The minimum Gasteiger partial charge on any atom is -0.471 e. The molecule has 0 spiro atoms. The molecule has 1 aliphatic heterocycles. The third-order valence-electron chi connectivity index (χ3n) is 1.96. The van der Waals surface area contributed by atoms with Crippen LogP contribution in [0.3, 0.4) is 0 Å². The maximum atomic E-state index is 11.5. The fourth-order valence-corrected chi connectivity index (χ4v) is 1.30. The van der Waals surface area contributed by atoms with Crippen molar-refractivity contribution in [2.45, 2.75) is 0 Å². The summed E-state index contributed by atoms with van der Waals surface area (Å²) in [5.41, 5.74) is 10.3. The van der Waals surface area contributed by atoms with Gasteiger partial charge in [-0.05, 0) is 0 Å². The number of hydrogen-bond donors (Lipinski definition) is 2. The van der Waals surface area contributed by atoms with Gasteiger partial charge in [-0.3, -0.25) is 4.79 Å². The van der Waals surface area contributed by atoms with Gasteiger partial charge in [-0.2, -0.15) is 0 Å². The van der Waals surface area contributed by atoms with E-state index in [1.54, 1.807) is 0 Å². The quantitative estimate of drug-likeness (QED) is 0.605. The largest absolute Gasteiger partial charge is 0.471 e. The molecule has 0 radical (unpaired) electrons. The maximum absolute atomic E-state index is 11.5. The molecule has 1 aromatic heterocycles. The Labute approximate surface area is 84.1 Å². The second-order valence-electron chi connectivity index (χ2n) is 3.02. The van der Waals surface area contributed by atoms with E-state index in [2.05, 4.69) is 4.42 Å². The van der Waals surface area contributed by atoms with Crippen LogP contribution >= 0.6 is 0 Å². The van der Waals surface area contributed by atoms with Gasteiger partial charge in [0, 0.05) is 17.7 Å². The van der Waals surface area contributed by atoms with Gasteiger partial charge in [0.15, 0.2) is 18.4 Å². The molecule has 1 aliphatic rings. The summed E-state index contributed by atoms with van der Waals surface area (Å²) in [6.45, 7) is -0.210. The first kappa shape index (κ1) is 9.32. The van der Waals surface area contributed by atoms with Gasteiger partial charge in [-0.15, -0.1) is 0 Å². The third-order valence-corrected chi connectivity index (χ3v) is 1.96. The van der Waals surface area contributed by atoms with Crippen LogP contribution in [0.2, 0.25) is 0 Å². The molecule has 0 saturated heterocycles. The Morgan fingerprint density at radius 2 is 2.00 bits per heavy atom. The van der Waals surface area contributed by atoms with Crippen LogP contribution in [0.4, 0.5) is 5.88 Å². The zero-order valence-electron chi connectivity index (χ0n) is 7.65. The molecule has 6 heteroatoms. The summed E-state index contributed by atoms with van der Waals surface area (Å²) in [5.74, 6) is -0.471. The van der Waals surface area contributed by atoms with E-state index in [-0.39, 0.29) is 35.3 Å². The summed E-state index contributed by atoms with van der Waals surface area (Å²) in [5, 5.41) is 0. The summed E-state index contributed by atoms with van der Waals surface area (Å²) in [4.78, 5) is 22.9. The number of carbonyl (C=O) groups excluding carboxylic acids is 1. The van der Waals surface area contributed by atoms with Crippen molar-refractivity contribution in [2.24, 2.45) is 5.73 Å². The van der Waals surface area contributed by atoms with Crippen LogP contribution < -0.4 is 17.1 Å². The van der Waals surface area contributed by atoms with E-state index in [1.165, 1.54) is 12.1 Å². The first-order valence-corrected chi connectivity index (χ1v) is 4.14. The molecule has 0 amide bonds. The lowest BCUT2D eigenvalue weighted by atomic mass is 10.1. The molecule has 0 aliphatic carbocycles. The van der Waals surface area contributed by atoms with E-state index in [4.69, 9.17) is 16.2 Å². The zero-order valence-corrected chi connectivity index (χ0v) is 7.65. The van der Waals surface area contributed by atoms with E-state index >= 15 is 0 Å². The molecule has 2 heterocycles. The average molecular weight is 208 g/mol. The summed E-state index contributed by atoms with van der Waals surface area (Å²) < 4.78 is 9.50. The summed E-state index contributed by atoms with van der Waals surface area (Å²) in [7, 11) is 0. The predicted octanol–water partition coefficient (Wildman–Crippen LogP) is -0.308. The molecule has 0 aromatic carbocycles. The van der Waals surface area contributed by atoms with Crippen LogP contribution in [-0.4, -0.2) is 12.4 Å². The van der Waals surface area contributed by atoms with Gasteiger partial charge in [0.1, 0.15) is 0 Å². The van der Waals surface area contributed by atoms with Gasteiger partial charge >= 0.3 is 5.63 Å². The number of Topliss-reactive ketones (excluding diaryl/α,β-unsaturated/α-hetero) is 1. The second-order valence-corrected chi connectivity index (χ2v) is 3.02. The van der Waals surface area contributed by atoms with Crippen molar-refractivity contribution in [1.82, 2.24) is 0 Å². The third kappa shape index (κ3) is 1.56. The average Bonchev–Trinajstić information content (AvgIpc) is 2.30. The number of anilines is 1. The van der Waals surface area contributed by atoms with Crippen molar-refractivity contribution in [3.63, 3.8) is 0 Å². The predicted molar refractivity (Wildman–Crippen MR) is 51.8 cm³/mol. The van der Waals surface area contributed by atoms with Gasteiger partial charge in [-0.1, -0.05) is 0 Å². The number of ether oxygens (including phenoxy) is 1. The molecule has 0 saturated carbocycles. The van der Waals surface area contributed by atoms with Gasteiger partial charge in [-0.25, -0.2) is 4.79 Å². The van der Waals surface area contributed by atoms with Crippen molar-refractivity contribution in [3.8, 4) is 0 Å². The maximum Gasteiger partial charge on any atom is 0.345 e. The minimum atomic E-state index is -0.702. The van der Waals surface area contributed by atoms with Crippen LogP contribution in [0.1, 0.15) is 15.9 Å². The normalized spacial score (nSPS) is 14.9. The minimum absolute atomic E-state index is 0.000767. The molecular weight excluding hydrogens is 200 g/mol. The molecular formula is C9H8N2O4. The summed E-state index contributed by atoms with van der Waals surface area (Å²) in [6.07, 6.45) is 1.26. The Morgan fingerprint density at radius 1 is 1.27 bits per heavy atom. The van der Waals surface area contributed by atoms with Crippen LogP contribution in [-0.2, 0) is 4.74 Å². The number of nitrogens with two attached hydrogens (primary N) is 2. The first-order chi connectivity index (χ1) is 7.08. The zero-order chi connectivity index (χ0) is 11.0. The Hall–Kier alpha value is -2.24. The Bertz CT molecular complexity index is 515. The van der Waals surface area contributed by atoms with Crippen molar-refractivity contribution in [1.29, 1.82) is 0 Å². The summed E-state index contributed by atoms with van der Waals surface area (Å²) >= 11 is 0. The number of carbonyl (C=O) groups is 1. The van der Waals surface area contributed by atoms with Crippen LogP contribution in [0, 0.1) is 0 Å². The Balaban J connectivity index is 2.75. The molecule has 0 bridgehead atoms. The van der Waals surface area contributed by atoms with E-state index < -0.39 is 5.63 Å². The van der Waals surface area contributed by atoms with Gasteiger partial charge in [0.2, 0.25) is 5.78 Å². The van der Waals surface area contributed by atoms with E-state index in [0.717, 1.165) is 0 Å². The second kappa shape index (κ2) is 3.16. The fraction of sp³-hybridized carbons (Fsp3) is 0.111. The number of rotatable bonds is 0. The lowest BCUT2D eigenvalue weighted by Gasteiger charge is -2.00. The molecule has 78 valence electrons. The molecule has 15 heavy (non-hydrogen) atoms. The van der Waals surface area contributed by atoms with Crippen molar-refractivity contribution in [2.75, 3.05) is 12.3 Å². The monoisotopic (exact) mass is 208 g/mol. The van der Waals surface area contributed by atoms with Gasteiger partial charge in [0.05, 0.1) is 5.56 Å². The van der Waals surface area contributed by atoms with E-state index in [1.807, 2.05) is 0 Å². The van der Waals surface area contributed by atoms with Gasteiger partial charge in [0.25, 0.3) is 0 Å². The topological polar surface area (TPSA) is 109 Å². The first-order valence-electron chi connectivity index (χ1n) is 4.14. The highest BCUT2D eigenvalue weighted by molar-refractivity contribution is 6.01. The molecule has 2 rings (SSSR count). The van der Waals surface area contributed by atoms with Crippen LogP contribution in [0.5, 0.6) is 0 Å². The van der Waals surface area contributed by atoms with E-state index in [9.17, 15) is 9.59 Å². The smallest absolute Gasteiger partial charge is 0.345 e. The summed E-state index contributed by atoms with van der Waals surface area (Å²) in [6, 6.07) is 1.29. The lowest BCUT2D eigenvalue weighted by Crippen LogP contribution is -2.14. The lowest BCUT2D eigenvalue weighted by molar-refractivity contribution is 0.0866. The van der Waals surface area contributed by atoms with Crippen molar-refractivity contribution >= 4 is 17.7 Å². The molecule has 6 nitrogen and oxygen atoms in total. The number of ketones is 1. The molecule has 0 fully saturated rings. The highest BCUT2D eigenvalue weighted by Gasteiger charge is 2.20. The van der Waals surface area contributed by atoms with E-state index in [0.29, 0.717) is 0 Å². The molecule has 0 unspecified atom stereocenters. The molecule has 0 atom stereocenters. The SMILES string of the molecule is NC1=Cc2c(cc(N)oc2=O)C(=O)CO1. The highest BCUT2D eigenvalue weighted by atomic mass is 16.5. The van der Waals surface area contributed by atoms with Crippen LogP contribution in [0.15, 0.2) is 21.2 Å². The molecule has 1 aromatic rings. The standard InChI is InChI=1S/C9H8N2O4/c10-7-2-5-4(6(12)3-14-7)1-8(11)15-9(5)13/h1-2H,3,10-11H2. The Kier molecular flexibility index (Phi) is 1.96. The molecule has 4 N–H and O–H groups in total.